The molecule has 26 heavy (non-hydrogen) atoms. The molecule has 0 amide bonds. The molecule has 0 bridgehead atoms. The summed E-state index contributed by atoms with van der Waals surface area (Å²) in [5.41, 5.74) is 0.819. The number of benzene rings is 1. The Morgan fingerprint density at radius 1 is 1.15 bits per heavy atom. The van der Waals surface area contributed by atoms with Crippen molar-refractivity contribution in [1.29, 1.82) is 0 Å². The average molecular weight is 414 g/mol. The van der Waals surface area contributed by atoms with Crippen LogP contribution in [0, 0.1) is 0 Å². The van der Waals surface area contributed by atoms with E-state index < -0.39 is 21.2 Å². The number of rotatable bonds is 4. The Morgan fingerprint density at radius 3 is 2.54 bits per heavy atom. The van der Waals surface area contributed by atoms with Gasteiger partial charge < -0.3 is 5.11 Å². The van der Waals surface area contributed by atoms with Crippen LogP contribution in [0.2, 0.25) is 5.02 Å². The van der Waals surface area contributed by atoms with Crippen LogP contribution < -0.4 is 0 Å². The van der Waals surface area contributed by atoms with E-state index in [1.165, 1.54) is 11.8 Å². The lowest BCUT2D eigenvalue weighted by Gasteiger charge is -2.19. The third-order valence-electron chi connectivity index (χ3n) is 5.00. The molecule has 0 unspecified atom stereocenters. The molecule has 140 valence electrons. The molecule has 1 aromatic heterocycles. The fraction of sp³-hybridized carbons (Fsp3) is 0.529. The molecule has 1 N–H and O–H groups in total. The predicted octanol–water partition coefficient (Wildman–Crippen LogP) is 2.96. The van der Waals surface area contributed by atoms with Gasteiger partial charge >= 0.3 is 0 Å². The molecular formula is C17H20ClN3O3S2. The van der Waals surface area contributed by atoms with E-state index in [1.54, 1.807) is 0 Å². The van der Waals surface area contributed by atoms with Gasteiger partial charge in [0.2, 0.25) is 0 Å². The van der Waals surface area contributed by atoms with E-state index in [-0.39, 0.29) is 17.5 Å². The molecule has 6 nitrogen and oxygen atoms in total. The van der Waals surface area contributed by atoms with Gasteiger partial charge in [0.25, 0.3) is 0 Å². The highest BCUT2D eigenvalue weighted by Gasteiger charge is 2.39. The van der Waals surface area contributed by atoms with Gasteiger partial charge in [-0.3, -0.25) is 4.57 Å². The zero-order valence-corrected chi connectivity index (χ0v) is 16.5. The van der Waals surface area contributed by atoms with Gasteiger partial charge in [0.15, 0.2) is 20.8 Å². The van der Waals surface area contributed by atoms with Crippen molar-refractivity contribution in [3.05, 3.63) is 29.3 Å². The number of aliphatic hydroxyl groups excluding tert-OH is 1. The summed E-state index contributed by atoms with van der Waals surface area (Å²) in [6, 6.07) is 7.80. The minimum Gasteiger partial charge on any atom is -0.391 e. The highest BCUT2D eigenvalue weighted by atomic mass is 35.5. The lowest BCUT2D eigenvalue weighted by molar-refractivity contribution is 0.207. The fourth-order valence-electron chi connectivity index (χ4n) is 3.72. The highest BCUT2D eigenvalue weighted by Crippen LogP contribution is 2.40. The summed E-state index contributed by atoms with van der Waals surface area (Å²) in [6.45, 7) is 0. The number of hydrogen-bond acceptors (Lipinski definition) is 6. The molecule has 2 heterocycles. The topological polar surface area (TPSA) is 85.1 Å². The van der Waals surface area contributed by atoms with E-state index in [0.29, 0.717) is 16.0 Å². The van der Waals surface area contributed by atoms with Gasteiger partial charge in [0.1, 0.15) is 0 Å². The van der Waals surface area contributed by atoms with E-state index in [4.69, 9.17) is 11.6 Å². The number of halogens is 1. The first-order valence-corrected chi connectivity index (χ1v) is 11.8. The maximum absolute atomic E-state index is 11.8. The quantitative estimate of drug-likeness (QED) is 0.829. The van der Waals surface area contributed by atoms with E-state index in [1.807, 2.05) is 24.3 Å². The van der Waals surface area contributed by atoms with Crippen LogP contribution in [0.25, 0.3) is 11.4 Å². The highest BCUT2D eigenvalue weighted by molar-refractivity contribution is 8.01. The van der Waals surface area contributed by atoms with Crippen molar-refractivity contribution in [2.45, 2.75) is 48.2 Å². The lowest BCUT2D eigenvalue weighted by atomic mass is 10.2. The van der Waals surface area contributed by atoms with Crippen molar-refractivity contribution in [2.24, 2.45) is 0 Å². The molecule has 0 radical (unpaired) electrons. The standard InChI is InChI=1S/C17H20ClN3O3S2/c18-13-8-4-3-7-12(13)16-19-20-17(21(16)11-5-1-2-6-11)25-15-10-26(23,24)9-14(15)22/h3-4,7-8,11,14-15,22H,1-2,5-6,9-10H2/t14-,15+/m1/s1. The van der Waals surface area contributed by atoms with Gasteiger partial charge in [0.05, 0.1) is 27.9 Å². The first-order valence-electron chi connectivity index (χ1n) is 8.69. The number of sulfone groups is 1. The Hall–Kier alpha value is -1.09. The Kier molecular flexibility index (Phi) is 5.02. The van der Waals surface area contributed by atoms with Crippen molar-refractivity contribution < 1.29 is 13.5 Å². The third-order valence-corrected chi connectivity index (χ3v) is 8.53. The lowest BCUT2D eigenvalue weighted by Crippen LogP contribution is -2.21. The summed E-state index contributed by atoms with van der Waals surface area (Å²) in [7, 11) is -3.20. The van der Waals surface area contributed by atoms with Crippen molar-refractivity contribution >= 4 is 33.2 Å². The Balaban J connectivity index is 1.72. The number of aromatic nitrogens is 3. The van der Waals surface area contributed by atoms with Crippen molar-refractivity contribution in [1.82, 2.24) is 14.8 Å². The van der Waals surface area contributed by atoms with Crippen molar-refractivity contribution in [3.63, 3.8) is 0 Å². The minimum absolute atomic E-state index is 0.0300. The zero-order chi connectivity index (χ0) is 18.3. The Morgan fingerprint density at radius 2 is 1.88 bits per heavy atom. The second-order valence-electron chi connectivity index (χ2n) is 6.89. The molecule has 1 saturated carbocycles. The SMILES string of the molecule is O=S1(=O)C[C@@H](O)[C@@H](Sc2nnc(-c3ccccc3Cl)n2C2CCCC2)C1. The fourth-order valence-corrected chi connectivity index (χ4v) is 7.53. The zero-order valence-electron chi connectivity index (χ0n) is 14.1. The first kappa shape index (κ1) is 18.3. The Labute approximate surface area is 161 Å². The number of hydrogen-bond donors (Lipinski definition) is 1. The van der Waals surface area contributed by atoms with Crippen LogP contribution in [0.5, 0.6) is 0 Å². The van der Waals surface area contributed by atoms with Crippen LogP contribution >= 0.6 is 23.4 Å². The molecule has 2 atom stereocenters. The number of thioether (sulfide) groups is 1. The van der Waals surface area contributed by atoms with Gasteiger partial charge in [0, 0.05) is 11.6 Å². The van der Waals surface area contributed by atoms with E-state index in [0.717, 1.165) is 31.2 Å². The normalized spacial score (nSPS) is 25.8. The molecule has 1 saturated heterocycles. The van der Waals surface area contributed by atoms with Crippen molar-refractivity contribution in [2.75, 3.05) is 11.5 Å². The average Bonchev–Trinajstić information content (AvgIpc) is 3.28. The molecule has 0 spiro atoms. The van der Waals surface area contributed by atoms with E-state index >= 15 is 0 Å². The summed E-state index contributed by atoms with van der Waals surface area (Å²) >= 11 is 7.68. The maximum Gasteiger partial charge on any atom is 0.192 e. The molecular weight excluding hydrogens is 394 g/mol. The molecule has 4 rings (SSSR count). The number of nitrogens with zero attached hydrogens (tertiary/aromatic N) is 3. The van der Waals surface area contributed by atoms with Gasteiger partial charge in [-0.1, -0.05) is 48.3 Å². The second kappa shape index (κ2) is 7.14. The van der Waals surface area contributed by atoms with Crippen LogP contribution in [0.4, 0.5) is 0 Å². The van der Waals surface area contributed by atoms with Gasteiger partial charge in [-0.2, -0.15) is 0 Å². The van der Waals surface area contributed by atoms with E-state index in [2.05, 4.69) is 14.8 Å². The second-order valence-corrected chi connectivity index (χ2v) is 10.7. The van der Waals surface area contributed by atoms with Crippen LogP contribution in [-0.4, -0.2) is 51.1 Å². The van der Waals surface area contributed by atoms with Gasteiger partial charge in [-0.05, 0) is 25.0 Å². The van der Waals surface area contributed by atoms with Crippen LogP contribution in [0.3, 0.4) is 0 Å². The van der Waals surface area contributed by atoms with Crippen LogP contribution in [0.1, 0.15) is 31.7 Å². The molecule has 1 aliphatic heterocycles. The summed E-state index contributed by atoms with van der Waals surface area (Å²) in [5.74, 6) is 0.498. The van der Waals surface area contributed by atoms with Gasteiger partial charge in [-0.25, -0.2) is 8.42 Å². The van der Waals surface area contributed by atoms with Gasteiger partial charge in [-0.15, -0.1) is 10.2 Å². The summed E-state index contributed by atoms with van der Waals surface area (Å²) in [5, 5.41) is 19.7. The van der Waals surface area contributed by atoms with Crippen LogP contribution in [-0.2, 0) is 9.84 Å². The third kappa shape index (κ3) is 3.52. The largest absolute Gasteiger partial charge is 0.391 e. The first-order chi connectivity index (χ1) is 12.4. The predicted molar refractivity (Wildman–Crippen MR) is 102 cm³/mol. The maximum atomic E-state index is 11.8. The van der Waals surface area contributed by atoms with Crippen LogP contribution in [0.15, 0.2) is 29.4 Å². The number of aliphatic hydroxyl groups is 1. The molecule has 2 aromatic rings. The molecule has 1 aromatic carbocycles. The Bertz CT molecular complexity index is 910. The molecule has 1 aliphatic carbocycles. The molecule has 9 heteroatoms. The smallest absolute Gasteiger partial charge is 0.192 e. The van der Waals surface area contributed by atoms with E-state index in [9.17, 15) is 13.5 Å². The summed E-state index contributed by atoms with van der Waals surface area (Å²) < 4.78 is 25.7. The van der Waals surface area contributed by atoms with Crippen molar-refractivity contribution in [3.8, 4) is 11.4 Å². The summed E-state index contributed by atoms with van der Waals surface area (Å²) in [4.78, 5) is 0. The monoisotopic (exact) mass is 413 g/mol. The molecule has 2 aliphatic rings. The summed E-state index contributed by atoms with van der Waals surface area (Å²) in [6.07, 6.45) is 3.50. The minimum atomic E-state index is -3.20. The molecule has 2 fully saturated rings.